The van der Waals surface area contributed by atoms with E-state index in [2.05, 4.69) is 5.32 Å². The highest BCUT2D eigenvalue weighted by Gasteiger charge is 2.51. The molecular formula is C36H41F2N4O9PS. The number of thiophene rings is 1. The van der Waals surface area contributed by atoms with Crippen molar-refractivity contribution in [2.75, 3.05) is 39.4 Å². The third-order valence-electron chi connectivity index (χ3n) is 10.6. The molecule has 17 heteroatoms. The zero-order valence-electron chi connectivity index (χ0n) is 28.8. The maximum atomic E-state index is 14.5. The summed E-state index contributed by atoms with van der Waals surface area (Å²) >= 11 is 0.986. The largest absolute Gasteiger partial charge is 0.399 e. The monoisotopic (exact) mass is 774 g/mol. The van der Waals surface area contributed by atoms with Crippen molar-refractivity contribution in [2.24, 2.45) is 5.92 Å². The maximum absolute atomic E-state index is 14.5. The van der Waals surface area contributed by atoms with Crippen LogP contribution in [-0.2, 0) is 40.7 Å². The summed E-state index contributed by atoms with van der Waals surface area (Å²) in [5.41, 5.74) is -4.35. The number of benzene rings is 2. The normalized spacial score (nSPS) is 24.4. The van der Waals surface area contributed by atoms with E-state index < -0.39 is 48.8 Å². The van der Waals surface area contributed by atoms with Gasteiger partial charge in [-0.2, -0.15) is 8.78 Å². The van der Waals surface area contributed by atoms with E-state index in [9.17, 15) is 42.3 Å². The van der Waals surface area contributed by atoms with Crippen molar-refractivity contribution in [1.82, 2.24) is 20.0 Å². The number of hydrogen-bond acceptors (Lipinski definition) is 8. The number of fused-ring (bicyclic) bond motifs is 2. The molecule has 5 heterocycles. The third-order valence-corrected chi connectivity index (χ3v) is 12.7. The van der Waals surface area contributed by atoms with Gasteiger partial charge in [-0.3, -0.25) is 23.7 Å². The molecule has 1 aromatic heterocycles. The van der Waals surface area contributed by atoms with Gasteiger partial charge in [-0.1, -0.05) is 36.4 Å². The summed E-state index contributed by atoms with van der Waals surface area (Å²) in [4.78, 5) is 78.6. The second-order valence-electron chi connectivity index (χ2n) is 14.1. The lowest BCUT2D eigenvalue weighted by Gasteiger charge is -2.44. The molecule has 0 aliphatic carbocycles. The Balaban J connectivity index is 1.09. The highest BCUT2D eigenvalue weighted by Crippen LogP contribution is 2.59. The number of rotatable bonds is 9. The Hall–Kier alpha value is -3.79. The summed E-state index contributed by atoms with van der Waals surface area (Å²) in [6.07, 6.45) is 1.95. The lowest BCUT2D eigenvalue weighted by Crippen LogP contribution is -2.63. The number of morpholine rings is 1. The first-order valence-corrected chi connectivity index (χ1v) is 20.1. The molecule has 4 aliphatic heterocycles. The Morgan fingerprint density at radius 3 is 2.40 bits per heavy atom. The molecule has 4 amide bonds. The first-order valence-electron chi connectivity index (χ1n) is 17.7. The van der Waals surface area contributed by atoms with Gasteiger partial charge in [-0.05, 0) is 54.8 Å². The number of likely N-dealkylation sites (tertiary alicyclic amines) is 1. The van der Waals surface area contributed by atoms with Gasteiger partial charge >= 0.3 is 13.3 Å². The summed E-state index contributed by atoms with van der Waals surface area (Å²) in [5.74, 6) is -1.57. The second-order valence-corrected chi connectivity index (χ2v) is 16.8. The molecule has 0 unspecified atom stereocenters. The van der Waals surface area contributed by atoms with Crippen LogP contribution in [0, 0.1) is 5.92 Å². The highest BCUT2D eigenvalue weighted by atomic mass is 32.1. The Bertz CT molecular complexity index is 1910. The molecule has 4 atom stereocenters. The van der Waals surface area contributed by atoms with Crippen molar-refractivity contribution in [3.05, 3.63) is 70.6 Å². The smallest absolute Gasteiger partial charge is 0.378 e. The van der Waals surface area contributed by atoms with Crippen molar-refractivity contribution in [3.63, 3.8) is 0 Å². The van der Waals surface area contributed by atoms with Gasteiger partial charge in [0.1, 0.15) is 12.1 Å². The molecule has 4 saturated heterocycles. The predicted molar refractivity (Wildman–Crippen MR) is 189 cm³/mol. The standard InChI is InChI=1S/C36H41F2N4O9PS/c37-36(38,52(47,48)49)25-6-11-30-23(16-25)17-31(53-30)32(43)39-28-18-27(51-21-22-4-2-1-3-5-22)9-7-26-8-10-29(42(26)34(28)45)35(46)41-19-24(20-41)33(44)40-12-14-50-15-13-40/h1-6,11,16-17,24,26-29H,7-10,12-15,18-21H2,(H,39,43)(H2,47,48,49)/t26-,27-,28-,29-/m0/s1. The van der Waals surface area contributed by atoms with Crippen molar-refractivity contribution >= 4 is 52.6 Å². The van der Waals surface area contributed by atoms with Gasteiger partial charge in [0.15, 0.2) is 0 Å². The second kappa shape index (κ2) is 15.2. The minimum atomic E-state index is -5.80. The van der Waals surface area contributed by atoms with Crippen LogP contribution < -0.4 is 5.32 Å². The molecular weight excluding hydrogens is 733 g/mol. The average Bonchev–Trinajstić information content (AvgIpc) is 3.75. The van der Waals surface area contributed by atoms with Crippen LogP contribution in [0.2, 0.25) is 0 Å². The maximum Gasteiger partial charge on any atom is 0.399 e. The van der Waals surface area contributed by atoms with Crippen LogP contribution in [0.3, 0.4) is 0 Å². The molecule has 2 aromatic carbocycles. The molecule has 3 aromatic rings. The zero-order chi connectivity index (χ0) is 37.5. The summed E-state index contributed by atoms with van der Waals surface area (Å²) in [7, 11) is -5.80. The molecule has 13 nitrogen and oxygen atoms in total. The fraction of sp³-hybridized carbons (Fsp3) is 0.500. The van der Waals surface area contributed by atoms with Crippen LogP contribution in [0.4, 0.5) is 8.78 Å². The van der Waals surface area contributed by atoms with E-state index in [1.54, 1.807) is 14.7 Å². The van der Waals surface area contributed by atoms with Crippen LogP contribution >= 0.6 is 18.9 Å². The predicted octanol–water partition coefficient (Wildman–Crippen LogP) is 3.67. The molecule has 4 aliphatic rings. The van der Waals surface area contributed by atoms with Crippen molar-refractivity contribution in [1.29, 1.82) is 0 Å². The number of nitrogens with one attached hydrogen (secondary N) is 1. The van der Waals surface area contributed by atoms with Gasteiger partial charge in [0.25, 0.3) is 5.91 Å². The van der Waals surface area contributed by atoms with Gasteiger partial charge < -0.3 is 39.3 Å². The highest BCUT2D eigenvalue weighted by molar-refractivity contribution is 7.52. The molecule has 4 fully saturated rings. The summed E-state index contributed by atoms with van der Waals surface area (Å²) in [6.45, 7) is 2.87. The average molecular weight is 775 g/mol. The fourth-order valence-electron chi connectivity index (χ4n) is 7.65. The van der Waals surface area contributed by atoms with Gasteiger partial charge in [0.2, 0.25) is 17.7 Å². The zero-order valence-corrected chi connectivity index (χ0v) is 30.5. The van der Waals surface area contributed by atoms with Gasteiger partial charge in [0, 0.05) is 48.9 Å². The summed E-state index contributed by atoms with van der Waals surface area (Å²) in [6, 6.07) is 11.9. The Labute approximate surface area is 308 Å². The van der Waals surface area contributed by atoms with E-state index in [-0.39, 0.29) is 53.5 Å². The molecule has 0 spiro atoms. The molecule has 53 heavy (non-hydrogen) atoms. The molecule has 0 radical (unpaired) electrons. The molecule has 7 rings (SSSR count). The number of alkyl halides is 2. The van der Waals surface area contributed by atoms with E-state index in [1.165, 1.54) is 12.1 Å². The first kappa shape index (κ1) is 37.5. The molecule has 0 saturated carbocycles. The number of amides is 4. The number of nitrogens with zero attached hydrogens (tertiary/aromatic N) is 3. The van der Waals surface area contributed by atoms with E-state index >= 15 is 0 Å². The SMILES string of the molecule is O=C(N[C@H]1C[C@@H](OCc2ccccc2)CC[C@H]2CC[C@@H](C(=O)N3CC(C(=O)N4CCOCC4)C3)N2C1=O)c1cc2cc(C(F)(F)P(=O)(O)O)ccc2s1. The van der Waals surface area contributed by atoms with Crippen LogP contribution in [0.25, 0.3) is 10.1 Å². The van der Waals surface area contributed by atoms with Crippen molar-refractivity contribution in [3.8, 4) is 0 Å². The van der Waals surface area contributed by atoms with E-state index in [0.717, 1.165) is 29.0 Å². The van der Waals surface area contributed by atoms with E-state index in [0.29, 0.717) is 63.3 Å². The van der Waals surface area contributed by atoms with Crippen molar-refractivity contribution in [2.45, 2.75) is 68.6 Å². The minimum absolute atomic E-state index is 0.00118. The third kappa shape index (κ3) is 7.76. The fourth-order valence-corrected chi connectivity index (χ4v) is 9.07. The van der Waals surface area contributed by atoms with Gasteiger partial charge in [-0.15, -0.1) is 11.3 Å². The summed E-state index contributed by atoms with van der Waals surface area (Å²) < 4.78 is 52.4. The molecule has 3 N–H and O–H groups in total. The number of halogens is 2. The van der Waals surface area contributed by atoms with Crippen LogP contribution in [0.5, 0.6) is 0 Å². The number of carbonyl (C=O) groups is 4. The van der Waals surface area contributed by atoms with Crippen LogP contribution in [-0.4, -0.2) is 112 Å². The quantitative estimate of drug-likeness (QED) is 0.275. The molecule has 284 valence electrons. The van der Waals surface area contributed by atoms with Crippen LogP contribution in [0.15, 0.2) is 54.6 Å². The Morgan fingerprint density at radius 1 is 0.962 bits per heavy atom. The minimum Gasteiger partial charge on any atom is -0.378 e. The Kier molecular flexibility index (Phi) is 10.7. The van der Waals surface area contributed by atoms with Gasteiger partial charge in [-0.25, -0.2) is 0 Å². The lowest BCUT2D eigenvalue weighted by molar-refractivity contribution is -0.157. The van der Waals surface area contributed by atoms with Gasteiger partial charge in [0.05, 0.1) is 36.7 Å². The summed E-state index contributed by atoms with van der Waals surface area (Å²) in [5, 5.41) is 3.03. The number of carbonyl (C=O) groups excluding carboxylic acids is 4. The Morgan fingerprint density at radius 2 is 1.68 bits per heavy atom. The first-order chi connectivity index (χ1) is 25.3. The number of hydrogen-bond donors (Lipinski definition) is 3. The number of ether oxygens (including phenoxy) is 2. The molecule has 0 bridgehead atoms. The topological polar surface area (TPSA) is 166 Å². The lowest BCUT2D eigenvalue weighted by atomic mass is 9.95. The van der Waals surface area contributed by atoms with E-state index in [1.807, 2.05) is 30.3 Å². The van der Waals surface area contributed by atoms with Crippen molar-refractivity contribution < 1.29 is 51.8 Å². The van der Waals surface area contributed by atoms with E-state index in [4.69, 9.17) is 9.47 Å². The van der Waals surface area contributed by atoms with Crippen LogP contribution in [0.1, 0.15) is 52.9 Å².